The molecule has 6 nitrogen and oxygen atoms in total. The number of nitrogens with one attached hydrogen (secondary N) is 3. The van der Waals surface area contributed by atoms with Crippen LogP contribution in [0.5, 0.6) is 0 Å². The Hall–Kier alpha value is -2.60. The fraction of sp³-hybridized carbons (Fsp3) is 0.133. The summed E-state index contributed by atoms with van der Waals surface area (Å²) in [4.78, 5) is 36.7. The fourth-order valence-corrected chi connectivity index (χ4v) is 1.81. The highest BCUT2D eigenvalue weighted by atomic mass is 35.5. The second-order valence-corrected chi connectivity index (χ2v) is 4.96. The first-order valence-electron chi connectivity index (χ1n) is 6.52. The molecule has 0 atom stereocenters. The summed E-state index contributed by atoms with van der Waals surface area (Å²) >= 11 is 5.77. The van der Waals surface area contributed by atoms with Crippen LogP contribution >= 0.6 is 11.6 Å². The molecule has 0 radical (unpaired) electrons. The van der Waals surface area contributed by atoms with Crippen LogP contribution in [0.25, 0.3) is 0 Å². The minimum Gasteiger partial charge on any atom is -0.350 e. The van der Waals surface area contributed by atoms with Crippen molar-refractivity contribution in [2.24, 2.45) is 0 Å². The molecule has 7 heteroatoms. The zero-order chi connectivity index (χ0) is 15.9. The number of aromatic nitrogens is 1. The number of H-pyrrole nitrogens is 1. The van der Waals surface area contributed by atoms with Crippen molar-refractivity contribution in [3.8, 4) is 0 Å². The van der Waals surface area contributed by atoms with E-state index in [0.29, 0.717) is 11.6 Å². The molecular formula is C15H14ClN3O3. The third kappa shape index (κ3) is 4.75. The molecule has 0 fully saturated rings. The molecule has 2 amide bonds. The van der Waals surface area contributed by atoms with Gasteiger partial charge in [0, 0.05) is 23.8 Å². The smallest absolute Gasteiger partial charge is 0.253 e. The monoisotopic (exact) mass is 319 g/mol. The molecule has 22 heavy (non-hydrogen) atoms. The number of carbonyl (C=O) groups excluding carboxylic acids is 2. The van der Waals surface area contributed by atoms with Gasteiger partial charge >= 0.3 is 0 Å². The highest BCUT2D eigenvalue weighted by molar-refractivity contribution is 6.30. The van der Waals surface area contributed by atoms with E-state index < -0.39 is 5.91 Å². The van der Waals surface area contributed by atoms with Crippen LogP contribution in [0.3, 0.4) is 0 Å². The average Bonchev–Trinajstić information content (AvgIpc) is 2.52. The molecule has 0 aliphatic carbocycles. The van der Waals surface area contributed by atoms with Gasteiger partial charge in [-0.1, -0.05) is 23.7 Å². The second kappa shape index (κ2) is 7.42. The Morgan fingerprint density at radius 3 is 2.41 bits per heavy atom. The van der Waals surface area contributed by atoms with Gasteiger partial charge in [-0.3, -0.25) is 14.4 Å². The molecule has 0 saturated heterocycles. The van der Waals surface area contributed by atoms with E-state index in [2.05, 4.69) is 15.6 Å². The molecule has 1 heterocycles. The van der Waals surface area contributed by atoms with Crippen molar-refractivity contribution in [2.75, 3.05) is 6.54 Å². The topological polar surface area (TPSA) is 91.1 Å². The van der Waals surface area contributed by atoms with Gasteiger partial charge in [-0.2, -0.15) is 0 Å². The molecule has 3 N–H and O–H groups in total. The lowest BCUT2D eigenvalue weighted by Gasteiger charge is -2.07. The third-order valence-corrected chi connectivity index (χ3v) is 3.11. The SMILES string of the molecule is O=C(CNC(=O)c1ccc(=O)[nH]c1)NCc1ccc(Cl)cc1. The van der Waals surface area contributed by atoms with Crippen LogP contribution < -0.4 is 16.2 Å². The number of carbonyl (C=O) groups is 2. The van der Waals surface area contributed by atoms with E-state index in [-0.39, 0.29) is 23.6 Å². The first-order chi connectivity index (χ1) is 10.5. The molecule has 114 valence electrons. The third-order valence-electron chi connectivity index (χ3n) is 2.86. The summed E-state index contributed by atoms with van der Waals surface area (Å²) in [6.07, 6.45) is 1.29. The summed E-state index contributed by atoms with van der Waals surface area (Å²) in [6, 6.07) is 9.72. The number of hydrogen-bond donors (Lipinski definition) is 3. The normalized spacial score (nSPS) is 10.0. The number of hydrogen-bond acceptors (Lipinski definition) is 3. The summed E-state index contributed by atoms with van der Waals surface area (Å²) in [5, 5.41) is 5.78. The summed E-state index contributed by atoms with van der Waals surface area (Å²) in [5.74, 6) is -0.745. The van der Waals surface area contributed by atoms with Crippen molar-refractivity contribution in [2.45, 2.75) is 6.54 Å². The van der Waals surface area contributed by atoms with E-state index in [1.165, 1.54) is 18.3 Å². The van der Waals surface area contributed by atoms with Crippen molar-refractivity contribution in [3.63, 3.8) is 0 Å². The Kier molecular flexibility index (Phi) is 5.32. The highest BCUT2D eigenvalue weighted by Crippen LogP contribution is 2.08. The van der Waals surface area contributed by atoms with Crippen LogP contribution in [-0.4, -0.2) is 23.3 Å². The number of amides is 2. The largest absolute Gasteiger partial charge is 0.350 e. The van der Waals surface area contributed by atoms with Crippen LogP contribution in [0.2, 0.25) is 5.02 Å². The van der Waals surface area contributed by atoms with Crippen molar-refractivity contribution >= 4 is 23.4 Å². The van der Waals surface area contributed by atoms with E-state index in [4.69, 9.17) is 11.6 Å². The minimum absolute atomic E-state index is 0.147. The van der Waals surface area contributed by atoms with Gasteiger partial charge in [0.05, 0.1) is 12.1 Å². The molecule has 2 rings (SSSR count). The molecule has 0 saturated carbocycles. The number of rotatable bonds is 5. The Morgan fingerprint density at radius 2 is 1.77 bits per heavy atom. The Bertz CT molecular complexity index is 705. The number of benzene rings is 1. The first kappa shape index (κ1) is 15.8. The van der Waals surface area contributed by atoms with Crippen molar-refractivity contribution in [3.05, 3.63) is 69.1 Å². The maximum Gasteiger partial charge on any atom is 0.253 e. The Morgan fingerprint density at radius 1 is 1.05 bits per heavy atom. The van der Waals surface area contributed by atoms with Gasteiger partial charge < -0.3 is 15.6 Å². The van der Waals surface area contributed by atoms with E-state index in [1.54, 1.807) is 12.1 Å². The van der Waals surface area contributed by atoms with Gasteiger partial charge in [0.15, 0.2) is 0 Å². The number of aromatic amines is 1. The lowest BCUT2D eigenvalue weighted by molar-refractivity contribution is -0.120. The predicted octanol–water partition coefficient (Wildman–Crippen LogP) is 1.07. The van der Waals surface area contributed by atoms with Crippen LogP contribution in [0.1, 0.15) is 15.9 Å². The molecule has 0 aliphatic rings. The van der Waals surface area contributed by atoms with Crippen LogP contribution in [0, 0.1) is 0 Å². The lowest BCUT2D eigenvalue weighted by Crippen LogP contribution is -2.36. The van der Waals surface area contributed by atoms with Crippen molar-refractivity contribution in [1.29, 1.82) is 0 Å². The highest BCUT2D eigenvalue weighted by Gasteiger charge is 2.07. The molecule has 0 bridgehead atoms. The second-order valence-electron chi connectivity index (χ2n) is 4.53. The van der Waals surface area contributed by atoms with Gasteiger partial charge in [-0.05, 0) is 23.8 Å². The standard InChI is InChI=1S/C15H14ClN3O3/c16-12-4-1-10(2-5-12)7-17-14(21)9-19-15(22)11-3-6-13(20)18-8-11/h1-6,8H,7,9H2,(H,17,21)(H,18,20)(H,19,22). The summed E-state index contributed by atoms with van der Waals surface area (Å²) in [5.41, 5.74) is 0.895. The van der Waals surface area contributed by atoms with E-state index in [0.717, 1.165) is 5.56 Å². The molecule has 0 spiro atoms. The maximum absolute atomic E-state index is 11.7. The van der Waals surface area contributed by atoms with Crippen LogP contribution in [0.15, 0.2) is 47.4 Å². The molecule has 2 aromatic rings. The zero-order valence-electron chi connectivity index (χ0n) is 11.6. The van der Waals surface area contributed by atoms with Gasteiger partial charge in [0.2, 0.25) is 11.5 Å². The van der Waals surface area contributed by atoms with E-state index in [9.17, 15) is 14.4 Å². The molecule has 1 aromatic heterocycles. The van der Waals surface area contributed by atoms with Crippen LogP contribution in [0.4, 0.5) is 0 Å². The zero-order valence-corrected chi connectivity index (χ0v) is 12.3. The summed E-state index contributed by atoms with van der Waals surface area (Å²) in [7, 11) is 0. The molecule has 0 unspecified atom stereocenters. The summed E-state index contributed by atoms with van der Waals surface area (Å²) < 4.78 is 0. The van der Waals surface area contributed by atoms with Crippen molar-refractivity contribution in [1.82, 2.24) is 15.6 Å². The number of halogens is 1. The average molecular weight is 320 g/mol. The van der Waals surface area contributed by atoms with Gasteiger partial charge in [0.25, 0.3) is 5.91 Å². The fourth-order valence-electron chi connectivity index (χ4n) is 1.68. The van der Waals surface area contributed by atoms with E-state index in [1.807, 2.05) is 12.1 Å². The van der Waals surface area contributed by atoms with Gasteiger partial charge in [-0.25, -0.2) is 0 Å². The molecular weight excluding hydrogens is 306 g/mol. The molecule has 1 aromatic carbocycles. The first-order valence-corrected chi connectivity index (χ1v) is 6.90. The Labute approximate surface area is 131 Å². The van der Waals surface area contributed by atoms with E-state index >= 15 is 0 Å². The van der Waals surface area contributed by atoms with Gasteiger partial charge in [0.1, 0.15) is 0 Å². The quantitative estimate of drug-likeness (QED) is 0.770. The van der Waals surface area contributed by atoms with Gasteiger partial charge in [-0.15, -0.1) is 0 Å². The van der Waals surface area contributed by atoms with Crippen molar-refractivity contribution < 1.29 is 9.59 Å². The number of pyridine rings is 1. The van der Waals surface area contributed by atoms with Crippen LogP contribution in [-0.2, 0) is 11.3 Å². The molecule has 0 aliphatic heterocycles. The maximum atomic E-state index is 11.7. The lowest BCUT2D eigenvalue weighted by atomic mass is 10.2. The Balaban J connectivity index is 1.77. The summed E-state index contributed by atoms with van der Waals surface area (Å²) in [6.45, 7) is 0.204. The predicted molar refractivity (Wildman–Crippen MR) is 82.7 cm³/mol. The minimum atomic E-state index is -0.433.